The first kappa shape index (κ1) is 21.5. The van der Waals surface area contributed by atoms with Gasteiger partial charge >= 0.3 is 11.9 Å². The van der Waals surface area contributed by atoms with E-state index in [1.54, 1.807) is 0 Å². The normalized spacial score (nSPS) is 11.0. The quantitative estimate of drug-likeness (QED) is 0.201. The number of amides is 2. The average Bonchev–Trinajstić information content (AvgIpc) is 2.65. The van der Waals surface area contributed by atoms with Gasteiger partial charge in [0.25, 0.3) is 5.69 Å². The van der Waals surface area contributed by atoms with E-state index in [4.69, 9.17) is 10.5 Å². The zero-order valence-electron chi connectivity index (χ0n) is 14.3. The molecular weight excluding hydrogens is 364 g/mol. The lowest BCUT2D eigenvalue weighted by Crippen LogP contribution is -2.50. The van der Waals surface area contributed by atoms with E-state index in [9.17, 15) is 29.3 Å². The van der Waals surface area contributed by atoms with Gasteiger partial charge in [0.1, 0.15) is 18.3 Å². The molecular formula is C15H18N4O8. The zero-order chi connectivity index (χ0) is 20.4. The molecule has 1 rings (SSSR count). The number of ether oxygens (including phenoxy) is 2. The van der Waals surface area contributed by atoms with E-state index in [2.05, 4.69) is 15.4 Å². The van der Waals surface area contributed by atoms with Crippen LogP contribution in [0.25, 0.3) is 0 Å². The molecule has 0 aliphatic rings. The van der Waals surface area contributed by atoms with Gasteiger partial charge in [0.2, 0.25) is 11.8 Å². The van der Waals surface area contributed by atoms with Crippen LogP contribution in [0.1, 0.15) is 6.42 Å². The molecule has 0 saturated heterocycles. The number of benzene rings is 1. The molecule has 0 bridgehead atoms. The first-order valence-electron chi connectivity index (χ1n) is 7.56. The summed E-state index contributed by atoms with van der Waals surface area (Å²) in [5.41, 5.74) is 4.97. The number of nitrogens with two attached hydrogens (primary N) is 1. The van der Waals surface area contributed by atoms with Crippen LogP contribution >= 0.6 is 0 Å². The van der Waals surface area contributed by atoms with Crippen LogP contribution in [0.2, 0.25) is 0 Å². The summed E-state index contributed by atoms with van der Waals surface area (Å²) in [5, 5.41) is 15.0. The number of esters is 2. The van der Waals surface area contributed by atoms with Crippen LogP contribution < -0.4 is 21.1 Å². The van der Waals surface area contributed by atoms with E-state index in [1.807, 2.05) is 0 Å². The molecule has 1 unspecified atom stereocenters. The highest BCUT2D eigenvalue weighted by Crippen LogP contribution is 2.17. The number of nitro groups is 1. The summed E-state index contributed by atoms with van der Waals surface area (Å²) in [6.45, 7) is -0.959. The molecule has 0 heterocycles. The molecule has 27 heavy (non-hydrogen) atoms. The Morgan fingerprint density at radius 2 is 1.81 bits per heavy atom. The van der Waals surface area contributed by atoms with Gasteiger partial charge in [-0.25, -0.2) is 4.79 Å². The summed E-state index contributed by atoms with van der Waals surface area (Å²) >= 11 is 0. The third kappa shape index (κ3) is 7.48. The number of nitrogens with zero attached hydrogens (tertiary/aromatic N) is 1. The molecule has 0 spiro atoms. The van der Waals surface area contributed by atoms with Crippen molar-refractivity contribution in [2.24, 2.45) is 5.73 Å². The lowest BCUT2D eigenvalue weighted by molar-refractivity contribution is -0.384. The fourth-order valence-electron chi connectivity index (χ4n) is 1.80. The molecule has 1 aromatic carbocycles. The van der Waals surface area contributed by atoms with Crippen LogP contribution in [0.15, 0.2) is 24.3 Å². The van der Waals surface area contributed by atoms with E-state index in [0.29, 0.717) is 0 Å². The van der Waals surface area contributed by atoms with Gasteiger partial charge in [-0.1, -0.05) is 0 Å². The van der Waals surface area contributed by atoms with Gasteiger partial charge in [-0.15, -0.1) is 0 Å². The largest absolute Gasteiger partial charge is 0.469 e. The number of hydrogen-bond donors (Lipinski definition) is 3. The smallest absolute Gasteiger partial charge is 0.330 e. The van der Waals surface area contributed by atoms with Gasteiger partial charge < -0.3 is 25.8 Å². The molecule has 4 N–H and O–H groups in total. The molecule has 0 aromatic heterocycles. The van der Waals surface area contributed by atoms with Crippen molar-refractivity contribution in [3.63, 3.8) is 0 Å². The van der Waals surface area contributed by atoms with Crippen molar-refractivity contribution in [2.45, 2.75) is 12.5 Å². The summed E-state index contributed by atoms with van der Waals surface area (Å²) in [6, 6.07) is 3.46. The molecule has 1 aromatic rings. The first-order valence-corrected chi connectivity index (χ1v) is 7.56. The van der Waals surface area contributed by atoms with E-state index >= 15 is 0 Å². The van der Waals surface area contributed by atoms with Crippen LogP contribution in [0.5, 0.6) is 5.75 Å². The highest BCUT2D eigenvalue weighted by molar-refractivity contribution is 5.92. The van der Waals surface area contributed by atoms with E-state index in [0.717, 1.165) is 19.2 Å². The number of nitro benzene ring substituents is 1. The SMILES string of the molecule is COC(=O)CC(NC(=O)CN)C(=O)NCC(=O)Oc1ccc([N+](=O)[O-])cc1. The summed E-state index contributed by atoms with van der Waals surface area (Å²) in [4.78, 5) is 56.4. The number of methoxy groups -OCH3 is 1. The van der Waals surface area contributed by atoms with Crippen LogP contribution in [-0.4, -0.2) is 54.9 Å². The minimum Gasteiger partial charge on any atom is -0.469 e. The molecule has 2 amide bonds. The minimum absolute atomic E-state index is 0.0439. The fraction of sp³-hybridized carbons (Fsp3) is 0.333. The standard InChI is InChI=1S/C15H18N4O8/c1-26-13(21)6-11(18-12(20)7-16)15(23)17-8-14(22)27-10-4-2-9(3-5-10)19(24)25/h2-5,11H,6-8,16H2,1H3,(H,17,23)(H,18,20). The zero-order valence-corrected chi connectivity index (χ0v) is 14.3. The Morgan fingerprint density at radius 1 is 1.19 bits per heavy atom. The van der Waals surface area contributed by atoms with Crippen molar-refractivity contribution in [1.29, 1.82) is 0 Å². The Hall–Kier alpha value is -3.54. The maximum atomic E-state index is 12.1. The Morgan fingerprint density at radius 3 is 2.33 bits per heavy atom. The van der Waals surface area contributed by atoms with Gasteiger partial charge in [0.15, 0.2) is 0 Å². The topological polar surface area (TPSA) is 180 Å². The maximum Gasteiger partial charge on any atom is 0.330 e. The van der Waals surface area contributed by atoms with Gasteiger partial charge in [-0.2, -0.15) is 0 Å². The lowest BCUT2D eigenvalue weighted by atomic mass is 10.2. The van der Waals surface area contributed by atoms with Crippen molar-refractivity contribution in [1.82, 2.24) is 10.6 Å². The number of hydrogen-bond acceptors (Lipinski definition) is 9. The van der Waals surface area contributed by atoms with Crippen molar-refractivity contribution in [3.05, 3.63) is 34.4 Å². The fourth-order valence-corrected chi connectivity index (χ4v) is 1.80. The highest BCUT2D eigenvalue weighted by Gasteiger charge is 2.24. The molecule has 0 radical (unpaired) electrons. The first-order chi connectivity index (χ1) is 12.8. The van der Waals surface area contributed by atoms with Crippen molar-refractivity contribution in [2.75, 3.05) is 20.2 Å². The Bertz CT molecular complexity index is 701. The van der Waals surface area contributed by atoms with Gasteiger partial charge in [-0.05, 0) is 12.1 Å². The van der Waals surface area contributed by atoms with Crippen LogP contribution in [0.4, 0.5) is 5.69 Å². The number of nitrogens with one attached hydrogen (secondary N) is 2. The van der Waals surface area contributed by atoms with Gasteiger partial charge in [0, 0.05) is 12.1 Å². The summed E-state index contributed by atoms with van der Waals surface area (Å²) in [5.74, 6) is -3.06. The van der Waals surface area contributed by atoms with Gasteiger partial charge in [0.05, 0.1) is 25.0 Å². The average molecular weight is 382 g/mol. The van der Waals surface area contributed by atoms with Crippen LogP contribution in [-0.2, 0) is 23.9 Å². The number of carbonyl (C=O) groups excluding carboxylic acids is 4. The molecule has 1 atom stereocenters. The van der Waals surface area contributed by atoms with Gasteiger partial charge in [-0.3, -0.25) is 24.5 Å². The maximum absolute atomic E-state index is 12.1. The Balaban J connectivity index is 2.59. The van der Waals surface area contributed by atoms with E-state index in [-0.39, 0.29) is 11.4 Å². The molecule has 0 aliphatic heterocycles. The third-order valence-corrected chi connectivity index (χ3v) is 3.12. The predicted molar refractivity (Wildman–Crippen MR) is 89.4 cm³/mol. The Kier molecular flexibility index (Phi) is 8.32. The highest BCUT2D eigenvalue weighted by atomic mass is 16.6. The molecule has 0 saturated carbocycles. The molecule has 12 nitrogen and oxygen atoms in total. The van der Waals surface area contributed by atoms with E-state index < -0.39 is 54.2 Å². The predicted octanol–water partition coefficient (Wildman–Crippen LogP) is -1.38. The molecule has 0 aliphatic carbocycles. The second-order valence-corrected chi connectivity index (χ2v) is 5.05. The van der Waals surface area contributed by atoms with Crippen LogP contribution in [0.3, 0.4) is 0 Å². The number of non-ortho nitro benzene ring substituents is 1. The third-order valence-electron chi connectivity index (χ3n) is 3.12. The number of rotatable bonds is 9. The summed E-state index contributed by atoms with van der Waals surface area (Å²) in [6.07, 6.45) is -0.453. The number of carbonyl (C=O) groups is 4. The second-order valence-electron chi connectivity index (χ2n) is 5.05. The van der Waals surface area contributed by atoms with Crippen molar-refractivity contribution >= 4 is 29.4 Å². The van der Waals surface area contributed by atoms with Crippen molar-refractivity contribution < 1.29 is 33.6 Å². The summed E-state index contributed by atoms with van der Waals surface area (Å²) in [7, 11) is 1.11. The monoisotopic (exact) mass is 382 g/mol. The van der Waals surface area contributed by atoms with Crippen LogP contribution in [0, 0.1) is 10.1 Å². The second kappa shape index (κ2) is 10.5. The molecule has 12 heteroatoms. The van der Waals surface area contributed by atoms with E-state index in [1.165, 1.54) is 12.1 Å². The lowest BCUT2D eigenvalue weighted by Gasteiger charge is -2.16. The Labute approximate surface area is 153 Å². The summed E-state index contributed by atoms with van der Waals surface area (Å²) < 4.78 is 9.34. The minimum atomic E-state index is -1.28. The molecule has 146 valence electrons. The van der Waals surface area contributed by atoms with Crippen molar-refractivity contribution in [3.8, 4) is 5.75 Å². The molecule has 0 fully saturated rings.